The van der Waals surface area contributed by atoms with Crippen LogP contribution in [0, 0.1) is 0 Å². The third kappa shape index (κ3) is 4.18. The number of aromatic nitrogens is 4. The first kappa shape index (κ1) is 23.2. The van der Waals surface area contributed by atoms with Crippen LogP contribution in [0.1, 0.15) is 37.8 Å². The molecule has 0 fully saturated rings. The first-order valence-corrected chi connectivity index (χ1v) is 11.9. The van der Waals surface area contributed by atoms with Gasteiger partial charge in [0.2, 0.25) is 0 Å². The van der Waals surface area contributed by atoms with Crippen molar-refractivity contribution in [3.63, 3.8) is 0 Å². The van der Waals surface area contributed by atoms with Crippen molar-refractivity contribution in [2.45, 2.75) is 26.7 Å². The Bertz CT molecular complexity index is 1770. The summed E-state index contributed by atoms with van der Waals surface area (Å²) in [6, 6.07) is 20.4. The number of hydrogen-bond donors (Lipinski definition) is 2. The highest BCUT2D eigenvalue weighted by molar-refractivity contribution is 6.09. The lowest BCUT2D eigenvalue weighted by Crippen LogP contribution is -1.96. The maximum atomic E-state index is 5.97. The van der Waals surface area contributed by atoms with Crippen molar-refractivity contribution in [3.05, 3.63) is 90.8 Å². The lowest BCUT2D eigenvalue weighted by molar-refractivity contribution is 0.868. The molecular weight excluding hydrogens is 444 g/mol. The van der Waals surface area contributed by atoms with Crippen LogP contribution in [0.5, 0.6) is 0 Å². The van der Waals surface area contributed by atoms with Crippen LogP contribution in [0.4, 0.5) is 11.6 Å². The molecule has 6 aromatic rings. The fourth-order valence-corrected chi connectivity index (χ4v) is 4.36. The van der Waals surface area contributed by atoms with Crippen molar-refractivity contribution in [3.8, 4) is 0 Å². The second-order valence-electron chi connectivity index (χ2n) is 9.24. The van der Waals surface area contributed by atoms with E-state index in [1.54, 1.807) is 12.4 Å². The van der Waals surface area contributed by atoms with Gasteiger partial charge < -0.3 is 11.5 Å². The Morgan fingerprint density at radius 3 is 1.78 bits per heavy atom. The molecule has 0 aliphatic carbocycles. The molecule has 0 spiro atoms. The summed E-state index contributed by atoms with van der Waals surface area (Å²) in [4.78, 5) is 17.5. The fourth-order valence-electron chi connectivity index (χ4n) is 4.36. The molecule has 0 unspecified atom stereocenters. The summed E-state index contributed by atoms with van der Waals surface area (Å²) >= 11 is 0. The molecule has 0 aliphatic rings. The average molecular weight is 473 g/mol. The monoisotopic (exact) mass is 472 g/mol. The van der Waals surface area contributed by atoms with Crippen molar-refractivity contribution in [1.82, 2.24) is 19.9 Å². The molecule has 6 rings (SSSR count). The number of fused-ring (bicyclic) bond motifs is 6. The molecule has 0 radical (unpaired) electrons. The molecule has 4 heterocycles. The largest absolute Gasteiger partial charge is 0.382 e. The molecule has 0 bridgehead atoms. The highest BCUT2D eigenvalue weighted by Crippen LogP contribution is 2.29. The van der Waals surface area contributed by atoms with Crippen molar-refractivity contribution in [1.29, 1.82) is 0 Å². The van der Waals surface area contributed by atoms with E-state index in [9.17, 15) is 0 Å². The number of nitrogens with two attached hydrogens (primary N) is 2. The summed E-state index contributed by atoms with van der Waals surface area (Å²) < 4.78 is 0. The molecule has 6 nitrogen and oxygen atoms in total. The first-order chi connectivity index (χ1) is 17.3. The third-order valence-electron chi connectivity index (χ3n) is 6.34. The Hall–Kier alpha value is -4.58. The van der Waals surface area contributed by atoms with E-state index in [2.05, 4.69) is 70.7 Å². The maximum absolute atomic E-state index is 5.97. The molecule has 0 atom stereocenters. The summed E-state index contributed by atoms with van der Waals surface area (Å²) in [6.45, 7) is 10.3. The minimum atomic E-state index is 0.469. The second-order valence-corrected chi connectivity index (χ2v) is 9.24. The molecule has 0 saturated carbocycles. The van der Waals surface area contributed by atoms with Gasteiger partial charge in [-0.25, -0.2) is 9.97 Å². The van der Waals surface area contributed by atoms with E-state index in [0.29, 0.717) is 17.6 Å². The van der Waals surface area contributed by atoms with Gasteiger partial charge in [-0.15, -0.1) is 0 Å². The van der Waals surface area contributed by atoms with Crippen LogP contribution >= 0.6 is 0 Å². The van der Waals surface area contributed by atoms with Crippen LogP contribution in [0.25, 0.3) is 49.2 Å². The average Bonchev–Trinajstić information content (AvgIpc) is 2.89. The normalized spacial score (nSPS) is 11.2. The minimum absolute atomic E-state index is 0.469. The van der Waals surface area contributed by atoms with Crippen molar-refractivity contribution >= 4 is 60.8 Å². The van der Waals surface area contributed by atoms with Gasteiger partial charge in [0.05, 0.1) is 11.0 Å². The molecule has 2 aromatic carbocycles. The van der Waals surface area contributed by atoms with Crippen molar-refractivity contribution in [2.75, 3.05) is 11.5 Å². The number of rotatable bonds is 2. The topological polar surface area (TPSA) is 104 Å². The van der Waals surface area contributed by atoms with Crippen LogP contribution in [0.15, 0.2) is 79.6 Å². The maximum Gasteiger partial charge on any atom is 0.150 e. The number of hydrogen-bond acceptors (Lipinski definition) is 6. The van der Waals surface area contributed by atoms with E-state index in [0.717, 1.165) is 54.7 Å². The molecule has 36 heavy (non-hydrogen) atoms. The summed E-state index contributed by atoms with van der Waals surface area (Å²) in [7, 11) is 0. The predicted octanol–water partition coefficient (Wildman–Crippen LogP) is 6.89. The van der Waals surface area contributed by atoms with Crippen LogP contribution in [-0.4, -0.2) is 19.9 Å². The van der Waals surface area contributed by atoms with Crippen molar-refractivity contribution in [2.24, 2.45) is 0 Å². The van der Waals surface area contributed by atoms with Gasteiger partial charge in [-0.3, -0.25) is 9.97 Å². The minimum Gasteiger partial charge on any atom is -0.382 e. The fraction of sp³-hybridized carbons (Fsp3) is 0.133. The Labute approximate surface area is 209 Å². The number of anilines is 2. The molecule has 178 valence electrons. The Kier molecular flexibility index (Phi) is 5.94. The van der Waals surface area contributed by atoms with E-state index in [-0.39, 0.29) is 0 Å². The van der Waals surface area contributed by atoms with Crippen LogP contribution in [0.2, 0.25) is 0 Å². The zero-order chi connectivity index (χ0) is 25.4. The van der Waals surface area contributed by atoms with E-state index >= 15 is 0 Å². The lowest BCUT2D eigenvalue weighted by Gasteiger charge is -2.09. The van der Waals surface area contributed by atoms with Crippen molar-refractivity contribution < 1.29 is 0 Å². The van der Waals surface area contributed by atoms with Gasteiger partial charge in [0.25, 0.3) is 0 Å². The summed E-state index contributed by atoms with van der Waals surface area (Å²) in [5.74, 6) is 1.46. The van der Waals surface area contributed by atoms with Gasteiger partial charge in [0.15, 0.2) is 11.6 Å². The number of nitrogens with zero attached hydrogens (tertiary/aromatic N) is 4. The number of benzene rings is 2. The van der Waals surface area contributed by atoms with E-state index in [4.69, 9.17) is 11.5 Å². The summed E-state index contributed by atoms with van der Waals surface area (Å²) in [6.07, 6.45) is 3.48. The summed E-state index contributed by atoms with van der Waals surface area (Å²) in [5.41, 5.74) is 18.7. The van der Waals surface area contributed by atoms with Gasteiger partial charge in [-0.1, -0.05) is 62.4 Å². The standard InChI is InChI=1S/C15H15N3.C15H13N3/c2*1-9(2)10-5-6-11-12-4-3-7-17-14(12)15(16)18-13(11)8-10/h3-9H,1-2H3,(H2,16,18);3-8H,1H2,2H3,(H2,16,18). The zero-order valence-corrected chi connectivity index (χ0v) is 20.7. The quantitative estimate of drug-likeness (QED) is 0.266. The van der Waals surface area contributed by atoms with Gasteiger partial charge in [-0.05, 0) is 48.2 Å². The van der Waals surface area contributed by atoms with Gasteiger partial charge in [-0.2, -0.15) is 0 Å². The smallest absolute Gasteiger partial charge is 0.150 e. The molecular formula is C30H28N6. The van der Waals surface area contributed by atoms with E-state index in [1.807, 2.05) is 37.3 Å². The first-order valence-electron chi connectivity index (χ1n) is 11.9. The molecule has 0 amide bonds. The van der Waals surface area contributed by atoms with Crippen LogP contribution < -0.4 is 11.5 Å². The van der Waals surface area contributed by atoms with E-state index < -0.39 is 0 Å². The van der Waals surface area contributed by atoms with Crippen LogP contribution in [-0.2, 0) is 0 Å². The van der Waals surface area contributed by atoms with Gasteiger partial charge in [0, 0.05) is 33.9 Å². The Morgan fingerprint density at radius 2 is 1.25 bits per heavy atom. The molecule has 4 aromatic heterocycles. The molecule has 4 N–H and O–H groups in total. The predicted molar refractivity (Wildman–Crippen MR) is 152 cm³/mol. The van der Waals surface area contributed by atoms with Crippen LogP contribution in [0.3, 0.4) is 0 Å². The molecule has 0 aliphatic heterocycles. The molecule has 0 saturated heterocycles. The highest BCUT2D eigenvalue weighted by atomic mass is 14.9. The highest BCUT2D eigenvalue weighted by Gasteiger charge is 2.09. The van der Waals surface area contributed by atoms with Gasteiger partial charge in [0.1, 0.15) is 11.0 Å². The zero-order valence-electron chi connectivity index (χ0n) is 20.7. The number of pyridine rings is 4. The Balaban J connectivity index is 0.000000148. The lowest BCUT2D eigenvalue weighted by atomic mass is 10.00. The van der Waals surface area contributed by atoms with E-state index in [1.165, 1.54) is 5.56 Å². The Morgan fingerprint density at radius 1 is 0.722 bits per heavy atom. The molecule has 6 heteroatoms. The second kappa shape index (κ2) is 9.23. The number of nitrogen functional groups attached to an aromatic ring is 2. The third-order valence-corrected chi connectivity index (χ3v) is 6.34. The number of allylic oxidation sites excluding steroid dienone is 1. The van der Waals surface area contributed by atoms with Gasteiger partial charge >= 0.3 is 0 Å². The SMILES string of the molecule is C=C(C)c1ccc2c(c1)nc(N)c1ncccc12.CC(C)c1ccc2c(c1)nc(N)c1ncccc12. The summed E-state index contributed by atoms with van der Waals surface area (Å²) in [5, 5.41) is 4.28.